The molecule has 0 amide bonds. The van der Waals surface area contributed by atoms with Crippen molar-refractivity contribution in [1.29, 1.82) is 0 Å². The van der Waals surface area contributed by atoms with Crippen LogP contribution < -0.4 is 9.47 Å². The molecule has 0 aliphatic carbocycles. The molecule has 0 bridgehead atoms. The number of nitrogens with zero attached hydrogens (tertiary/aromatic N) is 1. The average Bonchev–Trinajstić information content (AvgIpc) is 2.61. The van der Waals surface area contributed by atoms with Crippen molar-refractivity contribution in [2.24, 2.45) is 0 Å². The summed E-state index contributed by atoms with van der Waals surface area (Å²) in [5.74, 6) is 0.899. The fourth-order valence-electron chi connectivity index (χ4n) is 2.45. The lowest BCUT2D eigenvalue weighted by atomic mass is 10.2. The van der Waals surface area contributed by atoms with Gasteiger partial charge in [-0.05, 0) is 24.1 Å². The molecule has 0 aliphatic heterocycles. The fraction of sp³-hybridized carbons (Fsp3) is 0.333. The number of hydrogen-bond acceptors (Lipinski definition) is 4. The minimum absolute atomic E-state index is 0.199. The monoisotopic (exact) mass is 349 g/mol. The lowest BCUT2D eigenvalue weighted by Gasteiger charge is -2.22. The van der Waals surface area contributed by atoms with E-state index in [1.165, 1.54) is 24.6 Å². The topological polar surface area (TPSA) is 55.8 Å². The zero-order valence-corrected chi connectivity index (χ0v) is 15.0. The van der Waals surface area contributed by atoms with Crippen LogP contribution in [0.1, 0.15) is 18.9 Å². The summed E-state index contributed by atoms with van der Waals surface area (Å²) in [7, 11) is -0.614. The van der Waals surface area contributed by atoms with Crippen LogP contribution in [0.3, 0.4) is 0 Å². The van der Waals surface area contributed by atoms with Gasteiger partial charge in [-0.3, -0.25) is 0 Å². The summed E-state index contributed by atoms with van der Waals surface area (Å²) in [5.41, 5.74) is 0.954. The number of rotatable bonds is 8. The molecule has 0 atom stereocenters. The highest BCUT2D eigenvalue weighted by Gasteiger charge is 2.25. The third kappa shape index (κ3) is 4.07. The molecule has 5 nitrogen and oxygen atoms in total. The van der Waals surface area contributed by atoms with E-state index in [-0.39, 0.29) is 4.90 Å². The van der Waals surface area contributed by atoms with Crippen molar-refractivity contribution in [2.45, 2.75) is 24.8 Å². The number of sulfonamides is 1. The van der Waals surface area contributed by atoms with E-state index in [0.717, 1.165) is 12.0 Å². The number of benzene rings is 2. The van der Waals surface area contributed by atoms with E-state index < -0.39 is 10.0 Å². The Balaban J connectivity index is 2.37. The van der Waals surface area contributed by atoms with Crippen LogP contribution in [0.4, 0.5) is 0 Å². The summed E-state index contributed by atoms with van der Waals surface area (Å²) in [6.45, 7) is 2.75. The Labute approximate surface area is 143 Å². The molecule has 0 unspecified atom stereocenters. The van der Waals surface area contributed by atoms with E-state index >= 15 is 0 Å². The fourth-order valence-corrected chi connectivity index (χ4v) is 3.98. The maximum atomic E-state index is 13.0. The first-order valence-corrected chi connectivity index (χ1v) is 9.23. The largest absolute Gasteiger partial charge is 0.493 e. The molecule has 0 aromatic heterocycles. The maximum absolute atomic E-state index is 13.0. The highest BCUT2D eigenvalue weighted by atomic mass is 32.2. The first-order valence-electron chi connectivity index (χ1n) is 7.79. The van der Waals surface area contributed by atoms with Gasteiger partial charge < -0.3 is 9.47 Å². The van der Waals surface area contributed by atoms with Crippen LogP contribution in [-0.2, 0) is 16.6 Å². The van der Waals surface area contributed by atoms with Gasteiger partial charge in [-0.15, -0.1) is 0 Å². The van der Waals surface area contributed by atoms with Gasteiger partial charge in [0.1, 0.15) is 0 Å². The van der Waals surface area contributed by atoms with Crippen molar-refractivity contribution >= 4 is 10.0 Å². The summed E-state index contributed by atoms with van der Waals surface area (Å²) in [4.78, 5) is 0.199. The second-order valence-electron chi connectivity index (χ2n) is 5.34. The van der Waals surface area contributed by atoms with E-state index in [4.69, 9.17) is 9.47 Å². The van der Waals surface area contributed by atoms with Crippen molar-refractivity contribution < 1.29 is 17.9 Å². The molecule has 0 spiro atoms. The molecule has 0 saturated carbocycles. The quantitative estimate of drug-likeness (QED) is 0.734. The van der Waals surface area contributed by atoms with E-state index in [1.54, 1.807) is 12.1 Å². The molecule has 2 aromatic carbocycles. The first-order chi connectivity index (χ1) is 11.5. The third-order valence-electron chi connectivity index (χ3n) is 3.67. The molecule has 24 heavy (non-hydrogen) atoms. The van der Waals surface area contributed by atoms with Crippen molar-refractivity contribution in [2.75, 3.05) is 20.8 Å². The van der Waals surface area contributed by atoms with Crippen molar-refractivity contribution in [3.63, 3.8) is 0 Å². The van der Waals surface area contributed by atoms with Gasteiger partial charge in [-0.25, -0.2) is 8.42 Å². The minimum Gasteiger partial charge on any atom is -0.493 e. The van der Waals surface area contributed by atoms with Crippen LogP contribution in [-0.4, -0.2) is 33.5 Å². The highest BCUT2D eigenvalue weighted by molar-refractivity contribution is 7.89. The van der Waals surface area contributed by atoms with Crippen LogP contribution in [0.5, 0.6) is 11.5 Å². The predicted molar refractivity (Wildman–Crippen MR) is 93.9 cm³/mol. The highest BCUT2D eigenvalue weighted by Crippen LogP contribution is 2.31. The minimum atomic E-state index is -3.62. The molecule has 2 aromatic rings. The van der Waals surface area contributed by atoms with Gasteiger partial charge in [0.05, 0.1) is 19.1 Å². The van der Waals surface area contributed by atoms with E-state index in [2.05, 4.69) is 0 Å². The van der Waals surface area contributed by atoms with Gasteiger partial charge in [0, 0.05) is 19.2 Å². The molecule has 0 aliphatic rings. The molecular formula is C18H23NO4S. The second kappa shape index (κ2) is 8.17. The van der Waals surface area contributed by atoms with Crippen molar-refractivity contribution in [1.82, 2.24) is 4.31 Å². The van der Waals surface area contributed by atoms with Gasteiger partial charge in [-0.1, -0.05) is 37.3 Å². The Hall–Kier alpha value is -2.05. The van der Waals surface area contributed by atoms with Crippen LogP contribution in [0.25, 0.3) is 0 Å². The number of ether oxygens (including phenoxy) is 2. The van der Waals surface area contributed by atoms with Crippen molar-refractivity contribution in [3.05, 3.63) is 54.1 Å². The number of methoxy groups -OCH3 is 2. The van der Waals surface area contributed by atoms with Gasteiger partial charge in [0.25, 0.3) is 0 Å². The van der Waals surface area contributed by atoms with Gasteiger partial charge >= 0.3 is 0 Å². The Bertz CT molecular complexity index is 760. The van der Waals surface area contributed by atoms with Crippen LogP contribution in [0.15, 0.2) is 53.4 Å². The first kappa shape index (κ1) is 18.3. The molecule has 0 N–H and O–H groups in total. The van der Waals surface area contributed by atoms with E-state index in [1.807, 2.05) is 37.3 Å². The zero-order valence-electron chi connectivity index (χ0n) is 14.2. The molecule has 130 valence electrons. The molecule has 6 heteroatoms. The summed E-state index contributed by atoms with van der Waals surface area (Å²) in [5, 5.41) is 0. The van der Waals surface area contributed by atoms with Gasteiger partial charge in [-0.2, -0.15) is 4.31 Å². The van der Waals surface area contributed by atoms with Crippen LogP contribution in [0, 0.1) is 0 Å². The van der Waals surface area contributed by atoms with Crippen LogP contribution >= 0.6 is 0 Å². The lowest BCUT2D eigenvalue weighted by Crippen LogP contribution is -2.31. The van der Waals surface area contributed by atoms with Gasteiger partial charge in [0.2, 0.25) is 10.0 Å². The normalized spacial score (nSPS) is 11.5. The van der Waals surface area contributed by atoms with E-state index in [0.29, 0.717) is 24.6 Å². The van der Waals surface area contributed by atoms with Gasteiger partial charge in [0.15, 0.2) is 11.5 Å². The molecule has 0 heterocycles. The standard InChI is InChI=1S/C18H23NO4S/c1-4-12-19(14-15-8-6-5-7-9-15)24(20,21)16-10-11-17(22-2)18(13-16)23-3/h5-11,13H,4,12,14H2,1-3H3. The molecule has 0 saturated heterocycles. The lowest BCUT2D eigenvalue weighted by molar-refractivity contribution is 0.353. The Morgan fingerprint density at radius 1 is 0.958 bits per heavy atom. The summed E-state index contributed by atoms with van der Waals surface area (Å²) in [6, 6.07) is 14.2. The number of hydrogen-bond donors (Lipinski definition) is 0. The Morgan fingerprint density at radius 3 is 2.21 bits per heavy atom. The summed E-state index contributed by atoms with van der Waals surface area (Å²) < 4.78 is 37.9. The molecule has 2 rings (SSSR count). The Morgan fingerprint density at radius 2 is 1.62 bits per heavy atom. The molecular weight excluding hydrogens is 326 g/mol. The summed E-state index contributed by atoms with van der Waals surface area (Å²) in [6.07, 6.45) is 0.735. The molecule has 0 radical (unpaired) electrons. The van der Waals surface area contributed by atoms with Crippen LogP contribution in [0.2, 0.25) is 0 Å². The van der Waals surface area contributed by atoms with E-state index in [9.17, 15) is 8.42 Å². The summed E-state index contributed by atoms with van der Waals surface area (Å²) >= 11 is 0. The SMILES string of the molecule is CCCN(Cc1ccccc1)S(=O)(=O)c1ccc(OC)c(OC)c1. The molecule has 0 fully saturated rings. The zero-order chi connectivity index (χ0) is 17.6. The third-order valence-corrected chi connectivity index (χ3v) is 5.51. The smallest absolute Gasteiger partial charge is 0.243 e. The maximum Gasteiger partial charge on any atom is 0.243 e. The predicted octanol–water partition coefficient (Wildman–Crippen LogP) is 3.30. The van der Waals surface area contributed by atoms with Crippen molar-refractivity contribution in [3.8, 4) is 11.5 Å². The second-order valence-corrected chi connectivity index (χ2v) is 7.28. The Kier molecular flexibility index (Phi) is 6.23. The average molecular weight is 349 g/mol.